The fraction of sp³-hybridized carbons (Fsp3) is 0.500. The van der Waals surface area contributed by atoms with E-state index in [9.17, 15) is 8.42 Å². The second-order valence-corrected chi connectivity index (χ2v) is 5.98. The fourth-order valence-electron chi connectivity index (χ4n) is 1.28. The van der Waals surface area contributed by atoms with Crippen molar-refractivity contribution in [1.82, 2.24) is 4.72 Å². The molecule has 0 radical (unpaired) electrons. The Balaban J connectivity index is 2.75. The highest BCUT2D eigenvalue weighted by Crippen LogP contribution is 2.11. The summed E-state index contributed by atoms with van der Waals surface area (Å²) in [7, 11) is -3.38. The summed E-state index contributed by atoms with van der Waals surface area (Å²) in [5, 5.41) is 0. The molecule has 0 fully saturated rings. The van der Waals surface area contributed by atoms with Gasteiger partial charge in [-0.25, -0.2) is 13.1 Å². The normalized spacial score (nSPS) is 13.6. The third kappa shape index (κ3) is 4.11. The Hall–Kier alpha value is -0.910. The Kier molecular flexibility index (Phi) is 5.11. The van der Waals surface area contributed by atoms with Crippen LogP contribution in [0.3, 0.4) is 0 Å². The molecule has 0 saturated heterocycles. The number of benzene rings is 1. The minimum absolute atomic E-state index is 0.290. The first-order chi connectivity index (χ1) is 7.99. The third-order valence-corrected chi connectivity index (χ3v) is 4.23. The predicted octanol–water partition coefficient (Wildman–Crippen LogP) is 1.47. The van der Waals surface area contributed by atoms with Crippen molar-refractivity contribution in [2.45, 2.75) is 31.7 Å². The van der Waals surface area contributed by atoms with E-state index in [0.29, 0.717) is 19.0 Å². The van der Waals surface area contributed by atoms with E-state index in [-0.39, 0.29) is 4.90 Å². The second kappa shape index (κ2) is 6.14. The van der Waals surface area contributed by atoms with E-state index in [4.69, 9.17) is 5.73 Å². The molecule has 0 aliphatic rings. The van der Waals surface area contributed by atoms with Crippen LogP contribution in [-0.4, -0.2) is 15.0 Å². The second-order valence-electron chi connectivity index (χ2n) is 4.21. The Labute approximate surface area is 103 Å². The van der Waals surface area contributed by atoms with Gasteiger partial charge in [-0.05, 0) is 23.6 Å². The summed E-state index contributed by atoms with van der Waals surface area (Å²) in [4.78, 5) is 0.290. The smallest absolute Gasteiger partial charge is 0.240 e. The maximum atomic E-state index is 11.9. The van der Waals surface area contributed by atoms with Crippen molar-refractivity contribution in [2.24, 2.45) is 11.7 Å². The van der Waals surface area contributed by atoms with Crippen molar-refractivity contribution in [3.8, 4) is 0 Å². The number of hydrogen-bond donors (Lipinski definition) is 2. The van der Waals surface area contributed by atoms with Gasteiger partial charge in [-0.1, -0.05) is 32.4 Å². The average Bonchev–Trinajstić information content (AvgIpc) is 2.36. The molecule has 0 aromatic heterocycles. The van der Waals surface area contributed by atoms with Gasteiger partial charge in [0.2, 0.25) is 10.0 Å². The lowest BCUT2D eigenvalue weighted by Crippen LogP contribution is -2.28. The SMILES string of the molecule is CCC(C)CNS(=O)(=O)c1ccc(CN)cc1. The van der Waals surface area contributed by atoms with Gasteiger partial charge in [0.1, 0.15) is 0 Å². The molecule has 0 saturated carbocycles. The number of nitrogens with one attached hydrogen (secondary N) is 1. The lowest BCUT2D eigenvalue weighted by Gasteiger charge is -2.11. The zero-order chi connectivity index (χ0) is 12.9. The van der Waals surface area contributed by atoms with Crippen molar-refractivity contribution in [3.63, 3.8) is 0 Å². The molecule has 1 aromatic rings. The van der Waals surface area contributed by atoms with Crippen LogP contribution >= 0.6 is 0 Å². The summed E-state index contributed by atoms with van der Waals surface area (Å²) >= 11 is 0. The standard InChI is InChI=1S/C12H20N2O2S/c1-3-10(2)9-14-17(15,16)12-6-4-11(8-13)5-7-12/h4-7,10,14H,3,8-9,13H2,1-2H3. The van der Waals surface area contributed by atoms with Gasteiger partial charge in [-0.3, -0.25) is 0 Å². The topological polar surface area (TPSA) is 72.2 Å². The highest BCUT2D eigenvalue weighted by Gasteiger charge is 2.14. The van der Waals surface area contributed by atoms with Crippen molar-refractivity contribution in [2.75, 3.05) is 6.54 Å². The molecule has 0 amide bonds. The Morgan fingerprint density at radius 3 is 2.35 bits per heavy atom. The first-order valence-electron chi connectivity index (χ1n) is 5.78. The van der Waals surface area contributed by atoms with Crippen LogP contribution in [0.15, 0.2) is 29.2 Å². The first-order valence-corrected chi connectivity index (χ1v) is 7.26. The maximum Gasteiger partial charge on any atom is 0.240 e. The molecule has 0 heterocycles. The molecule has 0 bridgehead atoms. The maximum absolute atomic E-state index is 11.9. The Bertz CT molecular complexity index is 440. The van der Waals surface area contributed by atoms with Crippen molar-refractivity contribution in [1.29, 1.82) is 0 Å². The molecule has 4 nitrogen and oxygen atoms in total. The zero-order valence-electron chi connectivity index (χ0n) is 10.3. The summed E-state index contributed by atoms with van der Waals surface area (Å²) < 4.78 is 26.4. The number of rotatable bonds is 6. The van der Waals surface area contributed by atoms with Crippen LogP contribution in [0.5, 0.6) is 0 Å². The summed E-state index contributed by atoms with van der Waals surface area (Å²) in [6.45, 7) is 4.94. The third-order valence-electron chi connectivity index (χ3n) is 2.79. The van der Waals surface area contributed by atoms with E-state index in [1.807, 2.05) is 13.8 Å². The molecular weight excluding hydrogens is 236 g/mol. The molecule has 1 aromatic carbocycles. The van der Waals surface area contributed by atoms with Crippen LogP contribution in [0.1, 0.15) is 25.8 Å². The zero-order valence-corrected chi connectivity index (χ0v) is 11.1. The quantitative estimate of drug-likeness (QED) is 0.809. The van der Waals surface area contributed by atoms with E-state index in [0.717, 1.165) is 12.0 Å². The van der Waals surface area contributed by atoms with E-state index < -0.39 is 10.0 Å². The summed E-state index contributed by atoms with van der Waals surface area (Å²) in [6.07, 6.45) is 0.953. The highest BCUT2D eigenvalue weighted by molar-refractivity contribution is 7.89. The van der Waals surface area contributed by atoms with Gasteiger partial charge < -0.3 is 5.73 Å². The van der Waals surface area contributed by atoms with Crippen molar-refractivity contribution >= 4 is 10.0 Å². The minimum Gasteiger partial charge on any atom is -0.326 e. The van der Waals surface area contributed by atoms with Crippen molar-refractivity contribution < 1.29 is 8.42 Å². The molecule has 17 heavy (non-hydrogen) atoms. The molecule has 0 aliphatic carbocycles. The molecule has 1 rings (SSSR count). The monoisotopic (exact) mass is 256 g/mol. The highest BCUT2D eigenvalue weighted by atomic mass is 32.2. The molecule has 1 unspecified atom stereocenters. The van der Waals surface area contributed by atoms with Crippen LogP contribution in [0.25, 0.3) is 0 Å². The lowest BCUT2D eigenvalue weighted by atomic mass is 10.1. The van der Waals surface area contributed by atoms with Gasteiger partial charge >= 0.3 is 0 Å². The molecule has 3 N–H and O–H groups in total. The molecule has 0 spiro atoms. The molecule has 0 aliphatic heterocycles. The summed E-state index contributed by atoms with van der Waals surface area (Å²) in [6, 6.07) is 6.64. The van der Waals surface area contributed by atoms with Gasteiger partial charge in [0.25, 0.3) is 0 Å². The first kappa shape index (κ1) is 14.2. The summed E-state index contributed by atoms with van der Waals surface area (Å²) in [5.41, 5.74) is 6.38. The van der Waals surface area contributed by atoms with Crippen LogP contribution in [-0.2, 0) is 16.6 Å². The van der Waals surface area contributed by atoms with Gasteiger partial charge in [0.05, 0.1) is 4.90 Å². The molecule has 1 atom stereocenters. The van der Waals surface area contributed by atoms with Crippen LogP contribution < -0.4 is 10.5 Å². The van der Waals surface area contributed by atoms with Crippen LogP contribution in [0, 0.1) is 5.92 Å². The molecule has 5 heteroatoms. The number of nitrogens with two attached hydrogens (primary N) is 1. The van der Waals surface area contributed by atoms with E-state index >= 15 is 0 Å². The number of hydrogen-bond acceptors (Lipinski definition) is 3. The van der Waals surface area contributed by atoms with E-state index in [2.05, 4.69) is 4.72 Å². The molecule has 96 valence electrons. The van der Waals surface area contributed by atoms with Crippen LogP contribution in [0.2, 0.25) is 0 Å². The Morgan fingerprint density at radius 1 is 1.29 bits per heavy atom. The summed E-state index contributed by atoms with van der Waals surface area (Å²) in [5.74, 6) is 0.341. The largest absolute Gasteiger partial charge is 0.326 e. The lowest BCUT2D eigenvalue weighted by molar-refractivity contribution is 0.528. The average molecular weight is 256 g/mol. The van der Waals surface area contributed by atoms with Gasteiger partial charge in [-0.15, -0.1) is 0 Å². The number of sulfonamides is 1. The van der Waals surface area contributed by atoms with E-state index in [1.165, 1.54) is 0 Å². The van der Waals surface area contributed by atoms with Crippen molar-refractivity contribution in [3.05, 3.63) is 29.8 Å². The van der Waals surface area contributed by atoms with Gasteiger partial charge in [0.15, 0.2) is 0 Å². The fourth-order valence-corrected chi connectivity index (χ4v) is 2.45. The minimum atomic E-state index is -3.38. The predicted molar refractivity (Wildman–Crippen MR) is 69.0 cm³/mol. The Morgan fingerprint density at radius 2 is 1.88 bits per heavy atom. The van der Waals surface area contributed by atoms with Gasteiger partial charge in [0, 0.05) is 13.1 Å². The van der Waals surface area contributed by atoms with Gasteiger partial charge in [-0.2, -0.15) is 0 Å². The van der Waals surface area contributed by atoms with E-state index in [1.54, 1.807) is 24.3 Å². The molecular formula is C12H20N2O2S. The van der Waals surface area contributed by atoms with Crippen LogP contribution in [0.4, 0.5) is 0 Å².